The summed E-state index contributed by atoms with van der Waals surface area (Å²) in [5, 5.41) is 6.77. The van der Waals surface area contributed by atoms with Gasteiger partial charge in [-0.2, -0.15) is 5.10 Å². The number of hydrogen-bond donors (Lipinski definition) is 1. The minimum absolute atomic E-state index is 0.0594. The maximum atomic E-state index is 14.4. The van der Waals surface area contributed by atoms with Crippen LogP contribution in [0.4, 0.5) is 4.39 Å². The Bertz CT molecular complexity index is 1140. The smallest absolute Gasteiger partial charge is 0.261 e. The van der Waals surface area contributed by atoms with Crippen LogP contribution < -0.4 is 10.3 Å². The van der Waals surface area contributed by atoms with Gasteiger partial charge in [0, 0.05) is 11.8 Å². The number of aromatic nitrogens is 4. The van der Waals surface area contributed by atoms with Crippen LogP contribution in [0.1, 0.15) is 5.56 Å². The highest BCUT2D eigenvalue weighted by molar-refractivity contribution is 5.84. The highest BCUT2D eigenvalue weighted by Crippen LogP contribution is 2.23. The molecule has 0 spiro atoms. The van der Waals surface area contributed by atoms with Gasteiger partial charge in [-0.05, 0) is 35.4 Å². The molecule has 0 aliphatic carbocycles. The molecule has 0 saturated heterocycles. The quantitative estimate of drug-likeness (QED) is 0.614. The number of methoxy groups -OCH3 is 1. The second-order valence-electron chi connectivity index (χ2n) is 5.87. The van der Waals surface area contributed by atoms with Crippen molar-refractivity contribution < 1.29 is 9.13 Å². The fourth-order valence-corrected chi connectivity index (χ4v) is 2.88. The number of hydrogen-bond acceptors (Lipinski definition) is 4. The van der Waals surface area contributed by atoms with Crippen molar-refractivity contribution in [3.05, 3.63) is 76.9 Å². The molecule has 2 heterocycles. The van der Waals surface area contributed by atoms with Crippen LogP contribution in [-0.4, -0.2) is 26.9 Å². The van der Waals surface area contributed by atoms with Crippen molar-refractivity contribution in [3.8, 4) is 16.9 Å². The molecular weight excluding hydrogens is 335 g/mol. The Labute approximate surface area is 147 Å². The van der Waals surface area contributed by atoms with Crippen molar-refractivity contribution in [2.24, 2.45) is 0 Å². The molecule has 0 radical (unpaired) electrons. The van der Waals surface area contributed by atoms with Crippen LogP contribution in [0.25, 0.3) is 22.0 Å². The molecule has 0 aliphatic rings. The first-order valence-corrected chi connectivity index (χ1v) is 7.96. The van der Waals surface area contributed by atoms with Gasteiger partial charge in [-0.25, -0.2) is 9.37 Å². The van der Waals surface area contributed by atoms with Gasteiger partial charge in [-0.3, -0.25) is 14.5 Å². The number of halogens is 1. The number of nitrogens with one attached hydrogen (secondary N) is 1. The minimum Gasteiger partial charge on any atom is -0.497 e. The summed E-state index contributed by atoms with van der Waals surface area (Å²) in [4.78, 5) is 17.0. The van der Waals surface area contributed by atoms with Crippen LogP contribution in [0, 0.1) is 5.82 Å². The second kappa shape index (κ2) is 6.44. The average molecular weight is 350 g/mol. The topological polar surface area (TPSA) is 72.8 Å². The van der Waals surface area contributed by atoms with Crippen LogP contribution in [0.5, 0.6) is 5.75 Å². The van der Waals surface area contributed by atoms with Gasteiger partial charge >= 0.3 is 0 Å². The van der Waals surface area contributed by atoms with Gasteiger partial charge in [0.25, 0.3) is 5.56 Å². The van der Waals surface area contributed by atoms with Crippen molar-refractivity contribution >= 4 is 10.9 Å². The molecule has 4 aromatic rings. The molecule has 7 heteroatoms. The number of ether oxygens (including phenoxy) is 1. The van der Waals surface area contributed by atoms with Gasteiger partial charge < -0.3 is 4.74 Å². The molecule has 0 aliphatic heterocycles. The predicted octanol–water partition coefficient (Wildman–Crippen LogP) is 2.98. The molecule has 1 N–H and O–H groups in total. The van der Waals surface area contributed by atoms with E-state index in [0.29, 0.717) is 23.4 Å². The number of benzene rings is 2. The van der Waals surface area contributed by atoms with Crippen molar-refractivity contribution in [1.82, 2.24) is 19.7 Å². The molecule has 4 rings (SSSR count). The predicted molar refractivity (Wildman–Crippen MR) is 95.6 cm³/mol. The van der Waals surface area contributed by atoms with E-state index in [-0.39, 0.29) is 16.5 Å². The van der Waals surface area contributed by atoms with Gasteiger partial charge in [0.05, 0.1) is 31.6 Å². The number of rotatable bonds is 4. The van der Waals surface area contributed by atoms with Crippen LogP contribution in [0.2, 0.25) is 0 Å². The van der Waals surface area contributed by atoms with E-state index >= 15 is 0 Å². The maximum Gasteiger partial charge on any atom is 0.261 e. The summed E-state index contributed by atoms with van der Waals surface area (Å²) in [6, 6.07) is 10.4. The van der Waals surface area contributed by atoms with Crippen molar-refractivity contribution in [2.45, 2.75) is 6.54 Å². The highest BCUT2D eigenvalue weighted by atomic mass is 19.1. The molecule has 0 bridgehead atoms. The van der Waals surface area contributed by atoms with E-state index in [1.165, 1.54) is 17.0 Å². The van der Waals surface area contributed by atoms with Gasteiger partial charge in [-0.15, -0.1) is 0 Å². The van der Waals surface area contributed by atoms with E-state index in [2.05, 4.69) is 15.2 Å². The second-order valence-corrected chi connectivity index (χ2v) is 5.87. The third kappa shape index (κ3) is 2.83. The number of aromatic amines is 1. The SMILES string of the molecule is COc1cccc(Cn2cnc3c(F)cc(-c4cn[nH]c4)cc3c2=O)c1. The van der Waals surface area contributed by atoms with Gasteiger partial charge in [-0.1, -0.05) is 12.1 Å². The molecule has 2 aromatic heterocycles. The zero-order valence-electron chi connectivity index (χ0n) is 13.9. The van der Waals surface area contributed by atoms with Gasteiger partial charge in [0.2, 0.25) is 0 Å². The summed E-state index contributed by atoms with van der Waals surface area (Å²) in [5.41, 5.74) is 1.92. The number of fused-ring (bicyclic) bond motifs is 1. The number of nitrogens with zero attached hydrogens (tertiary/aromatic N) is 3. The summed E-state index contributed by atoms with van der Waals surface area (Å²) in [5.74, 6) is 0.168. The molecule has 0 saturated carbocycles. The first-order chi connectivity index (χ1) is 12.7. The Hall–Kier alpha value is -3.48. The molecule has 0 amide bonds. The Morgan fingerprint density at radius 2 is 2.12 bits per heavy atom. The zero-order valence-corrected chi connectivity index (χ0v) is 13.9. The normalized spacial score (nSPS) is 11.0. The van der Waals surface area contributed by atoms with Gasteiger partial charge in [0.1, 0.15) is 17.1 Å². The van der Waals surface area contributed by atoms with E-state index in [4.69, 9.17) is 4.74 Å². The zero-order chi connectivity index (χ0) is 18.1. The fourth-order valence-electron chi connectivity index (χ4n) is 2.88. The largest absolute Gasteiger partial charge is 0.497 e. The van der Waals surface area contributed by atoms with Crippen molar-refractivity contribution in [2.75, 3.05) is 7.11 Å². The van der Waals surface area contributed by atoms with Crippen LogP contribution in [0.15, 0.2) is 59.9 Å². The Morgan fingerprint density at radius 3 is 2.88 bits per heavy atom. The lowest BCUT2D eigenvalue weighted by atomic mass is 10.1. The van der Waals surface area contributed by atoms with Crippen LogP contribution in [0.3, 0.4) is 0 Å². The summed E-state index contributed by atoms with van der Waals surface area (Å²) < 4.78 is 21.1. The molecular formula is C19H15FN4O2. The average Bonchev–Trinajstić information content (AvgIpc) is 3.19. The van der Waals surface area contributed by atoms with E-state index in [1.54, 1.807) is 25.6 Å². The summed E-state index contributed by atoms with van der Waals surface area (Å²) >= 11 is 0. The third-order valence-electron chi connectivity index (χ3n) is 4.20. The monoisotopic (exact) mass is 350 g/mol. The minimum atomic E-state index is -0.538. The van der Waals surface area contributed by atoms with Gasteiger partial charge in [0.15, 0.2) is 0 Å². The first-order valence-electron chi connectivity index (χ1n) is 7.96. The molecule has 0 fully saturated rings. The van der Waals surface area contributed by atoms with Crippen molar-refractivity contribution in [3.63, 3.8) is 0 Å². The molecule has 6 nitrogen and oxygen atoms in total. The molecule has 0 atom stereocenters. The highest BCUT2D eigenvalue weighted by Gasteiger charge is 2.12. The lowest BCUT2D eigenvalue weighted by Gasteiger charge is -2.09. The Balaban J connectivity index is 1.82. The van der Waals surface area contributed by atoms with Crippen molar-refractivity contribution in [1.29, 1.82) is 0 Å². The standard InChI is InChI=1S/C19H15FN4O2/c1-26-15-4-2-3-12(5-15)10-24-11-21-18-16(19(24)25)6-13(7-17(18)20)14-8-22-23-9-14/h2-9,11H,10H2,1H3,(H,22,23). The van der Waals surface area contributed by atoms with E-state index in [9.17, 15) is 9.18 Å². The molecule has 2 aromatic carbocycles. The lowest BCUT2D eigenvalue weighted by molar-refractivity contribution is 0.414. The number of H-pyrrole nitrogens is 1. The van der Waals surface area contributed by atoms with Crippen LogP contribution in [-0.2, 0) is 6.54 Å². The third-order valence-corrected chi connectivity index (χ3v) is 4.20. The summed E-state index contributed by atoms with van der Waals surface area (Å²) in [6.07, 6.45) is 4.59. The van der Waals surface area contributed by atoms with E-state index < -0.39 is 5.82 Å². The summed E-state index contributed by atoms with van der Waals surface area (Å²) in [6.45, 7) is 0.316. The summed E-state index contributed by atoms with van der Waals surface area (Å²) in [7, 11) is 1.59. The lowest BCUT2D eigenvalue weighted by Crippen LogP contribution is -2.21. The van der Waals surface area contributed by atoms with Crippen LogP contribution >= 0.6 is 0 Å². The first kappa shape index (κ1) is 16.0. The molecule has 26 heavy (non-hydrogen) atoms. The Morgan fingerprint density at radius 1 is 1.23 bits per heavy atom. The Kier molecular flexibility index (Phi) is 3.96. The maximum absolute atomic E-state index is 14.4. The molecule has 0 unspecified atom stereocenters. The molecule has 130 valence electrons. The van der Waals surface area contributed by atoms with E-state index in [0.717, 1.165) is 5.56 Å². The fraction of sp³-hybridized carbons (Fsp3) is 0.105. The van der Waals surface area contributed by atoms with E-state index in [1.807, 2.05) is 24.3 Å².